The molecule has 0 amide bonds. The zero-order chi connectivity index (χ0) is 22.9. The average molecular weight is 474 g/mol. The Morgan fingerprint density at radius 1 is 0.909 bits per heavy atom. The van der Waals surface area contributed by atoms with Crippen LogP contribution < -0.4 is 5.56 Å². The maximum absolute atomic E-state index is 12.5. The molecule has 0 unspecified atom stereocenters. The summed E-state index contributed by atoms with van der Waals surface area (Å²) in [5, 5.41) is 10.3. The molecule has 0 saturated carbocycles. The monoisotopic (exact) mass is 473 g/mol. The summed E-state index contributed by atoms with van der Waals surface area (Å²) in [6, 6.07) is 21.1. The Balaban J connectivity index is 1.53. The molecule has 0 radical (unpaired) electrons. The summed E-state index contributed by atoms with van der Waals surface area (Å²) in [6.45, 7) is 4.03. The summed E-state index contributed by atoms with van der Waals surface area (Å²) in [5.41, 5.74) is 5.33. The molecular weight excluding hydrogens is 454 g/mol. The lowest BCUT2D eigenvalue weighted by Crippen LogP contribution is -2.15. The van der Waals surface area contributed by atoms with Crippen molar-refractivity contribution in [2.45, 2.75) is 24.8 Å². The number of nitrogens with zero attached hydrogens (tertiary/aromatic N) is 5. The van der Waals surface area contributed by atoms with Gasteiger partial charge in [-0.15, -0.1) is 10.2 Å². The standard InChI is InChI=1S/C25H20ClN5OS/c1-16-3-5-18(6-4-16)24-28-29-25(31(24)21-9-7-19(26)8-10-21)33-15-20-14-23(32)30-12-11-17(2)13-22(30)27-20/h3-14H,15H2,1-2H3. The molecular formula is C25H20ClN5OS. The number of aromatic nitrogens is 5. The minimum Gasteiger partial charge on any atom is -0.270 e. The lowest BCUT2D eigenvalue weighted by Gasteiger charge is -2.11. The van der Waals surface area contributed by atoms with Crippen molar-refractivity contribution >= 4 is 29.0 Å². The number of pyridine rings is 1. The highest BCUT2D eigenvalue weighted by Gasteiger charge is 2.17. The zero-order valence-electron chi connectivity index (χ0n) is 18.1. The van der Waals surface area contributed by atoms with E-state index in [-0.39, 0.29) is 5.56 Å². The summed E-state index contributed by atoms with van der Waals surface area (Å²) in [7, 11) is 0. The Labute approximate surface area is 199 Å². The third-order valence-electron chi connectivity index (χ3n) is 5.25. The Bertz CT molecular complexity index is 1510. The predicted octanol–water partition coefficient (Wildman–Crippen LogP) is 5.50. The van der Waals surface area contributed by atoms with Crippen LogP contribution in [0, 0.1) is 13.8 Å². The van der Waals surface area contributed by atoms with Crippen LogP contribution in [-0.4, -0.2) is 24.1 Å². The van der Waals surface area contributed by atoms with Gasteiger partial charge in [-0.1, -0.05) is 53.2 Å². The van der Waals surface area contributed by atoms with Gasteiger partial charge in [0.1, 0.15) is 5.65 Å². The maximum Gasteiger partial charge on any atom is 0.258 e. The Morgan fingerprint density at radius 3 is 2.42 bits per heavy atom. The van der Waals surface area contributed by atoms with Gasteiger partial charge < -0.3 is 0 Å². The van der Waals surface area contributed by atoms with Crippen LogP contribution in [0.5, 0.6) is 0 Å². The Hall–Kier alpha value is -3.42. The molecule has 33 heavy (non-hydrogen) atoms. The molecule has 0 bridgehead atoms. The molecule has 0 saturated heterocycles. The molecule has 164 valence electrons. The van der Waals surface area contributed by atoms with Crippen molar-refractivity contribution in [3.8, 4) is 17.1 Å². The van der Waals surface area contributed by atoms with Crippen molar-refractivity contribution in [1.82, 2.24) is 24.1 Å². The fourth-order valence-electron chi connectivity index (χ4n) is 3.54. The molecule has 0 atom stereocenters. The predicted molar refractivity (Wildman–Crippen MR) is 132 cm³/mol. The second-order valence-corrected chi connectivity index (χ2v) is 9.17. The molecule has 0 N–H and O–H groups in total. The summed E-state index contributed by atoms with van der Waals surface area (Å²) in [6.07, 6.45) is 1.75. The number of benzene rings is 2. The fraction of sp³-hybridized carbons (Fsp3) is 0.120. The van der Waals surface area contributed by atoms with Crippen molar-refractivity contribution in [2.24, 2.45) is 0 Å². The molecule has 5 aromatic rings. The van der Waals surface area contributed by atoms with Crippen molar-refractivity contribution in [3.05, 3.63) is 105 Å². The average Bonchev–Trinajstić information content (AvgIpc) is 3.22. The lowest BCUT2D eigenvalue weighted by molar-refractivity contribution is 0.884. The van der Waals surface area contributed by atoms with E-state index in [1.54, 1.807) is 16.7 Å². The van der Waals surface area contributed by atoms with Crippen LogP contribution in [0.15, 0.2) is 82.9 Å². The van der Waals surface area contributed by atoms with Crippen LogP contribution >= 0.6 is 23.4 Å². The number of hydrogen-bond acceptors (Lipinski definition) is 5. The van der Waals surface area contributed by atoms with Crippen molar-refractivity contribution < 1.29 is 0 Å². The van der Waals surface area contributed by atoms with Crippen LogP contribution in [0.3, 0.4) is 0 Å². The lowest BCUT2D eigenvalue weighted by atomic mass is 10.1. The van der Waals surface area contributed by atoms with E-state index in [0.29, 0.717) is 27.3 Å². The number of thioether (sulfide) groups is 1. The fourth-order valence-corrected chi connectivity index (χ4v) is 4.51. The number of hydrogen-bond donors (Lipinski definition) is 0. The van der Waals surface area contributed by atoms with E-state index in [9.17, 15) is 4.79 Å². The van der Waals surface area contributed by atoms with Gasteiger partial charge in [0.05, 0.1) is 5.69 Å². The minimum absolute atomic E-state index is 0.102. The molecule has 2 aromatic carbocycles. The molecule has 6 nitrogen and oxygen atoms in total. The molecule has 0 aliphatic carbocycles. The van der Waals surface area contributed by atoms with Crippen LogP contribution in [0.1, 0.15) is 16.8 Å². The SMILES string of the molecule is Cc1ccc(-c2nnc(SCc3cc(=O)n4ccc(C)cc4n3)n2-c2ccc(Cl)cc2)cc1. The molecule has 0 aliphatic rings. The van der Waals surface area contributed by atoms with E-state index >= 15 is 0 Å². The first-order valence-corrected chi connectivity index (χ1v) is 11.7. The largest absolute Gasteiger partial charge is 0.270 e. The first-order valence-electron chi connectivity index (χ1n) is 10.4. The second kappa shape index (κ2) is 8.84. The van der Waals surface area contributed by atoms with E-state index in [4.69, 9.17) is 11.6 Å². The summed E-state index contributed by atoms with van der Waals surface area (Å²) in [5.74, 6) is 1.22. The van der Waals surface area contributed by atoms with Crippen LogP contribution in [0.2, 0.25) is 5.02 Å². The van der Waals surface area contributed by atoms with Crippen LogP contribution in [0.4, 0.5) is 0 Å². The summed E-state index contributed by atoms with van der Waals surface area (Å²) >= 11 is 7.60. The van der Waals surface area contributed by atoms with Gasteiger partial charge in [0.15, 0.2) is 11.0 Å². The smallest absolute Gasteiger partial charge is 0.258 e. The Morgan fingerprint density at radius 2 is 1.67 bits per heavy atom. The third kappa shape index (κ3) is 4.42. The van der Waals surface area contributed by atoms with Gasteiger partial charge in [0.25, 0.3) is 5.56 Å². The van der Waals surface area contributed by atoms with Gasteiger partial charge in [0, 0.05) is 34.3 Å². The molecule has 0 aliphatic heterocycles. The molecule has 5 rings (SSSR count). The first-order chi connectivity index (χ1) is 16.0. The number of aryl methyl sites for hydroxylation is 2. The summed E-state index contributed by atoms with van der Waals surface area (Å²) < 4.78 is 3.55. The van der Waals surface area contributed by atoms with E-state index in [2.05, 4.69) is 34.2 Å². The van der Waals surface area contributed by atoms with Gasteiger partial charge in [-0.3, -0.25) is 13.8 Å². The highest BCUT2D eigenvalue weighted by molar-refractivity contribution is 7.98. The Kier molecular flexibility index (Phi) is 5.74. The van der Waals surface area contributed by atoms with Crippen LogP contribution in [0.25, 0.3) is 22.7 Å². The van der Waals surface area contributed by atoms with Crippen LogP contribution in [-0.2, 0) is 5.75 Å². The third-order valence-corrected chi connectivity index (χ3v) is 6.47. The van der Waals surface area contributed by atoms with Crippen molar-refractivity contribution in [3.63, 3.8) is 0 Å². The summed E-state index contributed by atoms with van der Waals surface area (Å²) in [4.78, 5) is 17.2. The van der Waals surface area contributed by atoms with E-state index in [0.717, 1.165) is 22.6 Å². The quantitative estimate of drug-likeness (QED) is 0.315. The molecule has 3 heterocycles. The topological polar surface area (TPSA) is 65.1 Å². The van der Waals surface area contributed by atoms with Gasteiger partial charge in [-0.2, -0.15) is 0 Å². The second-order valence-electron chi connectivity index (χ2n) is 7.79. The van der Waals surface area contributed by atoms with Gasteiger partial charge in [-0.25, -0.2) is 4.98 Å². The van der Waals surface area contributed by atoms with Crippen molar-refractivity contribution in [1.29, 1.82) is 0 Å². The molecule has 0 spiro atoms. The number of fused-ring (bicyclic) bond motifs is 1. The number of rotatable bonds is 5. The number of halogens is 1. The van der Waals surface area contributed by atoms with Gasteiger partial charge in [-0.05, 0) is 55.8 Å². The zero-order valence-corrected chi connectivity index (χ0v) is 19.6. The minimum atomic E-state index is -0.102. The van der Waals surface area contributed by atoms with Crippen molar-refractivity contribution in [2.75, 3.05) is 0 Å². The molecule has 3 aromatic heterocycles. The maximum atomic E-state index is 12.5. The van der Waals surface area contributed by atoms with Gasteiger partial charge >= 0.3 is 0 Å². The highest BCUT2D eigenvalue weighted by Crippen LogP contribution is 2.30. The molecule has 8 heteroatoms. The molecule has 0 fully saturated rings. The van der Waals surface area contributed by atoms with E-state index in [1.165, 1.54) is 17.3 Å². The van der Waals surface area contributed by atoms with E-state index in [1.807, 2.05) is 60.0 Å². The first kappa shape index (κ1) is 21.4. The van der Waals surface area contributed by atoms with E-state index < -0.39 is 0 Å². The van der Waals surface area contributed by atoms with Gasteiger partial charge in [0.2, 0.25) is 0 Å². The normalized spacial score (nSPS) is 11.2. The highest BCUT2D eigenvalue weighted by atomic mass is 35.5.